The Balaban J connectivity index is 1.81. The molecular formula is C26H18N4O2. The third-order valence-electron chi connectivity index (χ3n) is 5.06. The fraction of sp³-hybridized carbons (Fsp3) is 0.0385. The van der Waals surface area contributed by atoms with E-state index in [-0.39, 0.29) is 22.5 Å². The number of nitrogens with one attached hydrogen (secondary N) is 1. The molecule has 1 heterocycles. The lowest BCUT2D eigenvalue weighted by molar-refractivity contribution is 0.306. The minimum atomic E-state index is -0.631. The molecule has 0 aliphatic carbocycles. The van der Waals surface area contributed by atoms with Gasteiger partial charge in [0.15, 0.2) is 0 Å². The maximum atomic E-state index is 12.4. The summed E-state index contributed by atoms with van der Waals surface area (Å²) in [5.41, 5.74) is 8.58. The summed E-state index contributed by atoms with van der Waals surface area (Å²) < 4.78 is 5.95. The van der Waals surface area contributed by atoms with E-state index in [2.05, 4.69) is 4.98 Å². The molecule has 0 unspecified atom stereocenters. The van der Waals surface area contributed by atoms with Crippen LogP contribution in [0, 0.1) is 22.7 Å². The molecule has 0 saturated carbocycles. The van der Waals surface area contributed by atoms with Gasteiger partial charge in [-0.1, -0.05) is 66.7 Å². The molecule has 0 radical (unpaired) electrons. The second kappa shape index (κ2) is 8.91. The van der Waals surface area contributed by atoms with Gasteiger partial charge in [-0.3, -0.25) is 4.79 Å². The maximum Gasteiger partial charge on any atom is 0.268 e. The quantitative estimate of drug-likeness (QED) is 0.491. The Morgan fingerprint density at radius 2 is 1.53 bits per heavy atom. The van der Waals surface area contributed by atoms with Crippen LogP contribution >= 0.6 is 0 Å². The molecule has 0 aliphatic heterocycles. The fourth-order valence-electron chi connectivity index (χ4n) is 3.56. The molecule has 0 spiro atoms. The average molecular weight is 418 g/mol. The van der Waals surface area contributed by atoms with Gasteiger partial charge >= 0.3 is 0 Å². The van der Waals surface area contributed by atoms with Crippen LogP contribution in [0.4, 0.5) is 5.82 Å². The van der Waals surface area contributed by atoms with Crippen LogP contribution in [0.1, 0.15) is 16.7 Å². The number of hydrogen-bond donors (Lipinski definition) is 2. The highest BCUT2D eigenvalue weighted by Gasteiger charge is 2.20. The molecule has 154 valence electrons. The van der Waals surface area contributed by atoms with Gasteiger partial charge in [0, 0.05) is 5.56 Å². The number of H-pyrrole nitrogens is 1. The van der Waals surface area contributed by atoms with Crippen molar-refractivity contribution >= 4 is 5.82 Å². The molecule has 0 amide bonds. The van der Waals surface area contributed by atoms with Crippen molar-refractivity contribution in [2.24, 2.45) is 0 Å². The molecule has 0 aliphatic rings. The predicted molar refractivity (Wildman–Crippen MR) is 123 cm³/mol. The fourth-order valence-corrected chi connectivity index (χ4v) is 3.56. The summed E-state index contributed by atoms with van der Waals surface area (Å²) >= 11 is 0. The second-order valence-corrected chi connectivity index (χ2v) is 7.06. The molecule has 0 fully saturated rings. The monoisotopic (exact) mass is 418 g/mol. The molecule has 0 atom stereocenters. The van der Waals surface area contributed by atoms with Gasteiger partial charge in [-0.05, 0) is 34.4 Å². The van der Waals surface area contributed by atoms with E-state index in [1.807, 2.05) is 78.9 Å². The summed E-state index contributed by atoms with van der Waals surface area (Å²) in [4.78, 5) is 14.7. The predicted octanol–water partition coefficient (Wildman–Crippen LogP) is 4.61. The van der Waals surface area contributed by atoms with Crippen molar-refractivity contribution in [3.8, 4) is 40.1 Å². The first-order chi connectivity index (χ1) is 15.6. The van der Waals surface area contributed by atoms with Gasteiger partial charge < -0.3 is 15.5 Å². The van der Waals surface area contributed by atoms with Crippen LogP contribution < -0.4 is 16.0 Å². The molecule has 4 rings (SSSR count). The van der Waals surface area contributed by atoms with Crippen molar-refractivity contribution < 1.29 is 4.74 Å². The van der Waals surface area contributed by atoms with Crippen LogP contribution in [0.25, 0.3) is 22.3 Å². The topological polar surface area (TPSA) is 116 Å². The minimum absolute atomic E-state index is 0.0603. The van der Waals surface area contributed by atoms with E-state index in [9.17, 15) is 15.3 Å². The number of hydrogen-bond acceptors (Lipinski definition) is 5. The third-order valence-corrected chi connectivity index (χ3v) is 5.06. The molecule has 1 aromatic heterocycles. The highest BCUT2D eigenvalue weighted by molar-refractivity contribution is 5.90. The van der Waals surface area contributed by atoms with Crippen molar-refractivity contribution in [3.63, 3.8) is 0 Å². The minimum Gasteiger partial charge on any atom is -0.489 e. The zero-order chi connectivity index (χ0) is 22.5. The van der Waals surface area contributed by atoms with Crippen LogP contribution in [-0.2, 0) is 6.61 Å². The van der Waals surface area contributed by atoms with Crippen molar-refractivity contribution in [2.45, 2.75) is 6.61 Å². The van der Waals surface area contributed by atoms with Gasteiger partial charge in [0.05, 0.1) is 0 Å². The smallest absolute Gasteiger partial charge is 0.268 e. The number of benzene rings is 3. The van der Waals surface area contributed by atoms with Crippen LogP contribution in [0.15, 0.2) is 83.7 Å². The number of nitrogens with two attached hydrogens (primary N) is 1. The Morgan fingerprint density at radius 3 is 2.25 bits per heavy atom. The van der Waals surface area contributed by atoms with E-state index in [4.69, 9.17) is 10.5 Å². The summed E-state index contributed by atoms with van der Waals surface area (Å²) in [5.74, 6) is 0.605. The normalized spacial score (nSPS) is 10.2. The van der Waals surface area contributed by atoms with E-state index in [1.165, 1.54) is 0 Å². The highest BCUT2D eigenvalue weighted by atomic mass is 16.5. The zero-order valence-corrected chi connectivity index (χ0v) is 17.0. The van der Waals surface area contributed by atoms with Gasteiger partial charge in [-0.15, -0.1) is 0 Å². The van der Waals surface area contributed by atoms with Crippen LogP contribution in [-0.4, -0.2) is 4.98 Å². The van der Waals surface area contributed by atoms with Crippen LogP contribution in [0.5, 0.6) is 5.75 Å². The summed E-state index contributed by atoms with van der Waals surface area (Å²) in [7, 11) is 0. The molecule has 4 aromatic rings. The van der Waals surface area contributed by atoms with E-state index >= 15 is 0 Å². The van der Waals surface area contributed by atoms with Crippen molar-refractivity contribution in [1.82, 2.24) is 4.98 Å². The number of pyridine rings is 1. The zero-order valence-electron chi connectivity index (χ0n) is 17.0. The molecule has 0 bridgehead atoms. The number of ether oxygens (including phenoxy) is 1. The number of aromatic amines is 1. The number of nitriles is 2. The number of nitrogens with zero attached hydrogens (tertiary/aromatic N) is 2. The Bertz CT molecular complexity index is 1430. The number of anilines is 1. The van der Waals surface area contributed by atoms with E-state index < -0.39 is 5.56 Å². The van der Waals surface area contributed by atoms with Crippen molar-refractivity contribution in [1.29, 1.82) is 10.5 Å². The molecule has 0 saturated heterocycles. The molecular weight excluding hydrogens is 400 g/mol. The number of nitrogen functional groups attached to an aromatic ring is 1. The molecule has 32 heavy (non-hydrogen) atoms. The van der Waals surface area contributed by atoms with Crippen LogP contribution in [0.3, 0.4) is 0 Å². The van der Waals surface area contributed by atoms with Crippen LogP contribution in [0.2, 0.25) is 0 Å². The first kappa shape index (κ1) is 20.5. The summed E-state index contributed by atoms with van der Waals surface area (Å²) in [6.45, 7) is 0.424. The molecule has 3 aromatic carbocycles. The number of aromatic nitrogens is 1. The Hall–Kier alpha value is -4.81. The van der Waals surface area contributed by atoms with E-state index in [0.29, 0.717) is 17.9 Å². The van der Waals surface area contributed by atoms with Crippen molar-refractivity contribution in [2.75, 3.05) is 5.73 Å². The number of rotatable bonds is 5. The first-order valence-electron chi connectivity index (χ1n) is 9.85. The van der Waals surface area contributed by atoms with E-state index in [1.54, 1.807) is 12.1 Å². The molecule has 3 N–H and O–H groups in total. The van der Waals surface area contributed by atoms with Gasteiger partial charge in [-0.25, -0.2) is 0 Å². The Labute approximate surface area is 184 Å². The lowest BCUT2D eigenvalue weighted by atomic mass is 9.90. The lowest BCUT2D eigenvalue weighted by Gasteiger charge is -2.14. The lowest BCUT2D eigenvalue weighted by Crippen LogP contribution is -2.16. The van der Waals surface area contributed by atoms with Gasteiger partial charge in [0.2, 0.25) is 0 Å². The molecule has 6 heteroatoms. The second-order valence-electron chi connectivity index (χ2n) is 7.06. The Kier molecular flexibility index (Phi) is 5.70. The summed E-state index contributed by atoms with van der Waals surface area (Å²) in [6.07, 6.45) is 0. The maximum absolute atomic E-state index is 12.4. The largest absolute Gasteiger partial charge is 0.489 e. The standard InChI is InChI=1S/C26H18N4O2/c27-14-22-24(23(15-28)26(31)30-25(22)29)21-12-5-4-11-20(21)18-9-6-10-19(13-18)32-16-17-7-2-1-3-8-17/h1-13H,16H2,(H3,29,30,31). The summed E-state index contributed by atoms with van der Waals surface area (Å²) in [5, 5.41) is 19.3. The molecule has 6 nitrogen and oxygen atoms in total. The summed E-state index contributed by atoms with van der Waals surface area (Å²) in [6, 6.07) is 28.6. The van der Waals surface area contributed by atoms with Gasteiger partial charge in [-0.2, -0.15) is 10.5 Å². The highest BCUT2D eigenvalue weighted by Crippen LogP contribution is 2.37. The third kappa shape index (κ3) is 3.94. The first-order valence-corrected chi connectivity index (χ1v) is 9.85. The average Bonchev–Trinajstić information content (AvgIpc) is 2.83. The van der Waals surface area contributed by atoms with Crippen molar-refractivity contribution in [3.05, 3.63) is 106 Å². The Morgan fingerprint density at radius 1 is 0.844 bits per heavy atom. The van der Waals surface area contributed by atoms with E-state index in [0.717, 1.165) is 16.7 Å². The SMILES string of the molecule is N#Cc1c(N)[nH]c(=O)c(C#N)c1-c1ccccc1-c1cccc(OCc2ccccc2)c1. The van der Waals surface area contributed by atoms with Gasteiger partial charge in [0.25, 0.3) is 5.56 Å². The van der Waals surface area contributed by atoms with Gasteiger partial charge in [0.1, 0.15) is 41.4 Å².